The normalized spacial score (nSPS) is 10.8. The number of amides is 1. The molecule has 4 N–H and O–H groups in total. The minimum atomic E-state index is -0.630. The Balaban J connectivity index is 2.09. The Hall–Kier alpha value is -2.38. The third-order valence-corrected chi connectivity index (χ3v) is 4.35. The van der Waals surface area contributed by atoms with Crippen molar-refractivity contribution in [2.45, 2.75) is 6.42 Å². The molecule has 0 atom stereocenters. The summed E-state index contributed by atoms with van der Waals surface area (Å²) in [5.41, 5.74) is 13.7. The van der Waals surface area contributed by atoms with Crippen LogP contribution in [0.25, 0.3) is 5.69 Å². The summed E-state index contributed by atoms with van der Waals surface area (Å²) in [4.78, 5) is 16.1. The molecule has 0 aliphatic rings. The quantitative estimate of drug-likeness (QED) is 0.695. The van der Waals surface area contributed by atoms with Gasteiger partial charge in [0.25, 0.3) is 5.91 Å². The fourth-order valence-corrected chi connectivity index (χ4v) is 2.92. The Morgan fingerprint density at radius 1 is 1.25 bits per heavy atom. The van der Waals surface area contributed by atoms with Gasteiger partial charge in [-0.15, -0.1) is 0 Å². The van der Waals surface area contributed by atoms with Crippen molar-refractivity contribution in [1.82, 2.24) is 14.8 Å². The maximum Gasteiger partial charge on any atom is 0.254 e. The summed E-state index contributed by atoms with van der Waals surface area (Å²) in [5.74, 6) is -0.437. The fraction of sp³-hybridized carbons (Fsp3) is 0.0625. The van der Waals surface area contributed by atoms with Crippen molar-refractivity contribution in [2.24, 2.45) is 5.73 Å². The summed E-state index contributed by atoms with van der Waals surface area (Å²) in [6.45, 7) is 0. The van der Waals surface area contributed by atoms with Gasteiger partial charge in [0.1, 0.15) is 11.4 Å². The first-order valence-corrected chi connectivity index (χ1v) is 8.17. The zero-order valence-electron chi connectivity index (χ0n) is 12.4. The lowest BCUT2D eigenvalue weighted by Gasteiger charge is -2.06. The van der Waals surface area contributed by atoms with Gasteiger partial charge in [-0.2, -0.15) is 5.10 Å². The van der Waals surface area contributed by atoms with Crippen LogP contribution in [0.3, 0.4) is 0 Å². The number of halogens is 2. The number of carbonyl (C=O) groups excluding carboxylic acids is 1. The van der Waals surface area contributed by atoms with E-state index in [4.69, 9.17) is 23.1 Å². The highest BCUT2D eigenvalue weighted by Crippen LogP contribution is 2.27. The largest absolute Gasteiger partial charge is 0.383 e. The van der Waals surface area contributed by atoms with Crippen LogP contribution in [-0.2, 0) is 6.42 Å². The molecular formula is C16H13BrClN5O. The summed E-state index contributed by atoms with van der Waals surface area (Å²) in [5, 5.41) is 5.00. The summed E-state index contributed by atoms with van der Waals surface area (Å²) >= 11 is 9.29. The number of primary amides is 1. The van der Waals surface area contributed by atoms with Gasteiger partial charge in [0, 0.05) is 22.8 Å². The van der Waals surface area contributed by atoms with Gasteiger partial charge in [0.2, 0.25) is 0 Å². The minimum absolute atomic E-state index is 0.193. The zero-order chi connectivity index (χ0) is 17.3. The van der Waals surface area contributed by atoms with Crippen LogP contribution in [0.15, 0.2) is 47.1 Å². The van der Waals surface area contributed by atoms with Gasteiger partial charge in [-0.25, -0.2) is 4.68 Å². The predicted octanol–water partition coefficient (Wildman–Crippen LogP) is 2.96. The van der Waals surface area contributed by atoms with E-state index in [1.54, 1.807) is 12.1 Å². The van der Waals surface area contributed by atoms with Crippen LogP contribution in [0.4, 0.5) is 5.82 Å². The molecule has 1 amide bonds. The summed E-state index contributed by atoms with van der Waals surface area (Å²) in [6, 6.07) is 10.9. The molecule has 2 heterocycles. The Morgan fingerprint density at radius 2 is 2.00 bits per heavy atom. The maximum absolute atomic E-state index is 11.9. The highest BCUT2D eigenvalue weighted by Gasteiger charge is 2.22. The third-order valence-electron chi connectivity index (χ3n) is 3.46. The van der Waals surface area contributed by atoms with E-state index in [1.165, 1.54) is 10.9 Å². The molecule has 0 saturated heterocycles. The molecule has 0 fully saturated rings. The van der Waals surface area contributed by atoms with Crippen LogP contribution in [0.5, 0.6) is 0 Å². The van der Waals surface area contributed by atoms with Crippen LogP contribution >= 0.6 is 27.5 Å². The number of nitrogens with two attached hydrogens (primary N) is 2. The van der Waals surface area contributed by atoms with Gasteiger partial charge < -0.3 is 11.5 Å². The smallest absolute Gasteiger partial charge is 0.254 e. The molecule has 0 unspecified atom stereocenters. The number of aromatic nitrogens is 3. The van der Waals surface area contributed by atoms with E-state index in [0.717, 1.165) is 4.47 Å². The molecule has 0 bridgehead atoms. The Kier molecular flexibility index (Phi) is 4.55. The van der Waals surface area contributed by atoms with Gasteiger partial charge in [-0.3, -0.25) is 9.78 Å². The molecule has 1 aromatic carbocycles. The Bertz CT molecular complexity index is 907. The number of nitrogens with zero attached hydrogens (tertiary/aromatic N) is 3. The van der Waals surface area contributed by atoms with Gasteiger partial charge in [-0.05, 0) is 40.2 Å². The van der Waals surface area contributed by atoms with E-state index >= 15 is 0 Å². The lowest BCUT2D eigenvalue weighted by atomic mass is 10.1. The lowest BCUT2D eigenvalue weighted by molar-refractivity contribution is 0.100. The number of hydrogen-bond donors (Lipinski definition) is 2. The summed E-state index contributed by atoms with van der Waals surface area (Å²) in [6.07, 6.45) is 1.85. The predicted molar refractivity (Wildman–Crippen MR) is 96.2 cm³/mol. The van der Waals surface area contributed by atoms with E-state index in [1.807, 2.05) is 24.3 Å². The van der Waals surface area contributed by atoms with Gasteiger partial charge >= 0.3 is 0 Å². The average molecular weight is 407 g/mol. The average Bonchev–Trinajstić information content (AvgIpc) is 2.86. The molecule has 122 valence electrons. The highest BCUT2D eigenvalue weighted by molar-refractivity contribution is 9.10. The van der Waals surface area contributed by atoms with Crippen LogP contribution in [0.2, 0.25) is 5.02 Å². The second-order valence-corrected chi connectivity index (χ2v) is 6.37. The number of hydrogen-bond acceptors (Lipinski definition) is 4. The molecule has 3 aromatic rings. The molecule has 0 aliphatic carbocycles. The SMILES string of the molecule is NC(=O)c1c(Cc2ccc(Cl)cn2)nn(-c2ccccc2Br)c1N. The summed E-state index contributed by atoms with van der Waals surface area (Å²) < 4.78 is 2.29. The number of rotatable bonds is 4. The lowest BCUT2D eigenvalue weighted by Crippen LogP contribution is -2.15. The standard InChI is InChI=1S/C16H13BrClN5O/c17-11-3-1-2-4-13(11)23-15(19)14(16(20)24)12(22-23)7-10-6-5-9(18)8-21-10/h1-6,8H,7,19H2,(H2,20,24). The molecule has 8 heteroatoms. The summed E-state index contributed by atoms with van der Waals surface area (Å²) in [7, 11) is 0. The highest BCUT2D eigenvalue weighted by atomic mass is 79.9. The Morgan fingerprint density at radius 3 is 2.62 bits per heavy atom. The number of benzene rings is 1. The molecule has 0 spiro atoms. The van der Waals surface area contributed by atoms with Crippen molar-refractivity contribution in [2.75, 3.05) is 5.73 Å². The second-order valence-electron chi connectivity index (χ2n) is 5.08. The molecule has 0 saturated carbocycles. The molecule has 2 aromatic heterocycles. The first kappa shape index (κ1) is 16.5. The zero-order valence-corrected chi connectivity index (χ0v) is 14.8. The first-order chi connectivity index (χ1) is 11.5. The number of carbonyl (C=O) groups is 1. The van der Waals surface area contributed by atoms with E-state index in [-0.39, 0.29) is 11.4 Å². The van der Waals surface area contributed by atoms with Gasteiger partial charge in [-0.1, -0.05) is 23.7 Å². The van der Waals surface area contributed by atoms with Crippen molar-refractivity contribution >= 4 is 39.3 Å². The molecule has 0 aliphatic heterocycles. The fourth-order valence-electron chi connectivity index (χ4n) is 2.36. The topological polar surface area (TPSA) is 99.8 Å². The van der Waals surface area contributed by atoms with Crippen LogP contribution in [-0.4, -0.2) is 20.7 Å². The van der Waals surface area contributed by atoms with Crippen molar-refractivity contribution in [3.8, 4) is 5.69 Å². The van der Waals surface area contributed by atoms with Crippen molar-refractivity contribution in [3.05, 3.63) is 69.0 Å². The second kappa shape index (κ2) is 6.62. The number of nitrogen functional groups attached to an aromatic ring is 1. The molecular weight excluding hydrogens is 394 g/mol. The number of para-hydroxylation sites is 1. The van der Waals surface area contributed by atoms with Gasteiger partial charge in [0.05, 0.1) is 16.4 Å². The van der Waals surface area contributed by atoms with Crippen molar-refractivity contribution in [3.63, 3.8) is 0 Å². The first-order valence-electron chi connectivity index (χ1n) is 7.00. The van der Waals surface area contributed by atoms with Crippen molar-refractivity contribution in [1.29, 1.82) is 0 Å². The molecule has 0 radical (unpaired) electrons. The maximum atomic E-state index is 11.9. The van der Waals surface area contributed by atoms with E-state index in [0.29, 0.717) is 28.5 Å². The third kappa shape index (κ3) is 3.13. The van der Waals surface area contributed by atoms with Crippen LogP contribution in [0.1, 0.15) is 21.7 Å². The van der Waals surface area contributed by atoms with E-state index in [9.17, 15) is 4.79 Å². The number of anilines is 1. The van der Waals surface area contributed by atoms with Gasteiger partial charge in [0.15, 0.2) is 0 Å². The molecule has 24 heavy (non-hydrogen) atoms. The molecule has 3 rings (SSSR count). The van der Waals surface area contributed by atoms with Crippen LogP contribution in [0, 0.1) is 0 Å². The van der Waals surface area contributed by atoms with E-state index < -0.39 is 5.91 Å². The van der Waals surface area contributed by atoms with Crippen molar-refractivity contribution < 1.29 is 4.79 Å². The Labute approximate surface area is 151 Å². The minimum Gasteiger partial charge on any atom is -0.383 e. The van der Waals surface area contributed by atoms with E-state index in [2.05, 4.69) is 26.0 Å². The van der Waals surface area contributed by atoms with Crippen LogP contribution < -0.4 is 11.5 Å². The molecule has 6 nitrogen and oxygen atoms in total. The number of pyridine rings is 1. The monoisotopic (exact) mass is 405 g/mol.